The fourth-order valence-corrected chi connectivity index (χ4v) is 2.60. The Kier molecular flexibility index (Phi) is 3.88. The molecule has 0 radical (unpaired) electrons. The third kappa shape index (κ3) is 4.20. The van der Waals surface area contributed by atoms with Crippen molar-refractivity contribution in [3.63, 3.8) is 0 Å². The van der Waals surface area contributed by atoms with Gasteiger partial charge in [0.05, 0.1) is 0 Å². The Hall–Kier alpha value is 0.0700. The Morgan fingerprint density at radius 1 is 1.15 bits per heavy atom. The number of nitrogens with zero attached hydrogens (tertiary/aromatic N) is 1. The van der Waals surface area contributed by atoms with E-state index in [2.05, 4.69) is 4.72 Å². The summed E-state index contributed by atoms with van der Waals surface area (Å²) >= 11 is -0.993. The zero-order valence-electron chi connectivity index (χ0n) is 8.80. The van der Waals surface area contributed by atoms with Gasteiger partial charge in [-0.3, -0.25) is 0 Å². The molecule has 1 rings (SSSR count). The van der Waals surface area contributed by atoms with E-state index in [4.69, 9.17) is 0 Å². The van der Waals surface area contributed by atoms with Crippen LogP contribution in [0.15, 0.2) is 0 Å². The maximum atomic E-state index is 11.7. The molecule has 1 fully saturated rings. The highest BCUT2D eigenvalue weighted by molar-refractivity contribution is 7.80. The van der Waals surface area contributed by atoms with E-state index in [9.17, 15) is 4.21 Å². The molecule has 1 unspecified atom stereocenters. The van der Waals surface area contributed by atoms with E-state index in [0.29, 0.717) is 0 Å². The molecular weight excluding hydrogens is 184 g/mol. The standard InChI is InChI=1S/C9H20N2OS/c1-9(2,3)10-13(12)11-7-5-4-6-8-11/h10H,4-8H2,1-3H3. The number of piperidine rings is 1. The van der Waals surface area contributed by atoms with Gasteiger partial charge in [-0.2, -0.15) is 0 Å². The first-order chi connectivity index (χ1) is 5.99. The van der Waals surface area contributed by atoms with Crippen LogP contribution in [0.5, 0.6) is 0 Å². The van der Waals surface area contributed by atoms with Crippen molar-refractivity contribution >= 4 is 11.2 Å². The minimum atomic E-state index is -0.993. The lowest BCUT2D eigenvalue weighted by Crippen LogP contribution is -2.46. The van der Waals surface area contributed by atoms with Crippen molar-refractivity contribution in [1.82, 2.24) is 9.03 Å². The Bertz CT molecular complexity index is 183. The largest absolute Gasteiger partial charge is 0.225 e. The lowest BCUT2D eigenvalue weighted by atomic mass is 10.1. The minimum absolute atomic E-state index is 0.0672. The molecule has 0 aromatic heterocycles. The normalized spacial score (nSPS) is 23.0. The summed E-state index contributed by atoms with van der Waals surface area (Å²) < 4.78 is 16.8. The van der Waals surface area contributed by atoms with Gasteiger partial charge in [0.2, 0.25) is 0 Å². The average Bonchev–Trinajstić information content (AvgIpc) is 2.03. The van der Waals surface area contributed by atoms with Gasteiger partial charge >= 0.3 is 0 Å². The molecular formula is C9H20N2OS. The quantitative estimate of drug-likeness (QED) is 0.725. The zero-order valence-corrected chi connectivity index (χ0v) is 9.62. The predicted octanol–water partition coefficient (Wildman–Crippen LogP) is 1.44. The smallest absolute Gasteiger partial charge is 0.170 e. The Morgan fingerprint density at radius 2 is 1.69 bits per heavy atom. The first kappa shape index (κ1) is 11.1. The Labute approximate surface area is 83.6 Å². The van der Waals surface area contributed by atoms with Crippen LogP contribution in [0.2, 0.25) is 0 Å². The van der Waals surface area contributed by atoms with Crippen LogP contribution >= 0.6 is 0 Å². The van der Waals surface area contributed by atoms with E-state index >= 15 is 0 Å². The molecule has 0 spiro atoms. The summed E-state index contributed by atoms with van der Waals surface area (Å²) in [6, 6.07) is 0. The summed E-state index contributed by atoms with van der Waals surface area (Å²) in [5.41, 5.74) is -0.0672. The Morgan fingerprint density at radius 3 is 2.15 bits per heavy atom. The molecule has 4 heteroatoms. The van der Waals surface area contributed by atoms with Crippen molar-refractivity contribution in [1.29, 1.82) is 0 Å². The molecule has 1 heterocycles. The lowest BCUT2D eigenvalue weighted by Gasteiger charge is -2.29. The molecule has 1 N–H and O–H groups in total. The molecule has 1 aliphatic heterocycles. The van der Waals surface area contributed by atoms with E-state index in [0.717, 1.165) is 13.1 Å². The van der Waals surface area contributed by atoms with Crippen molar-refractivity contribution in [3.05, 3.63) is 0 Å². The summed E-state index contributed by atoms with van der Waals surface area (Å²) in [4.78, 5) is 0. The average molecular weight is 204 g/mol. The van der Waals surface area contributed by atoms with Crippen LogP contribution in [0.3, 0.4) is 0 Å². The fraction of sp³-hybridized carbons (Fsp3) is 1.00. The van der Waals surface area contributed by atoms with Crippen LogP contribution in [0, 0.1) is 0 Å². The van der Waals surface area contributed by atoms with Gasteiger partial charge in [0, 0.05) is 18.6 Å². The van der Waals surface area contributed by atoms with Crippen molar-refractivity contribution in [2.24, 2.45) is 0 Å². The maximum absolute atomic E-state index is 11.7. The Balaban J connectivity index is 2.38. The van der Waals surface area contributed by atoms with Gasteiger partial charge in [0.25, 0.3) is 0 Å². The monoisotopic (exact) mass is 204 g/mol. The first-order valence-corrected chi connectivity index (χ1v) is 6.04. The van der Waals surface area contributed by atoms with Crippen LogP contribution < -0.4 is 4.72 Å². The summed E-state index contributed by atoms with van der Waals surface area (Å²) in [6.45, 7) is 8.05. The summed E-state index contributed by atoms with van der Waals surface area (Å²) in [6.07, 6.45) is 3.64. The van der Waals surface area contributed by atoms with Crippen molar-refractivity contribution in [3.8, 4) is 0 Å². The molecule has 0 aliphatic carbocycles. The molecule has 0 saturated carbocycles. The third-order valence-electron chi connectivity index (χ3n) is 1.94. The fourth-order valence-electron chi connectivity index (χ4n) is 1.36. The molecule has 13 heavy (non-hydrogen) atoms. The van der Waals surface area contributed by atoms with Gasteiger partial charge in [-0.25, -0.2) is 13.2 Å². The molecule has 78 valence electrons. The second kappa shape index (κ2) is 4.53. The van der Waals surface area contributed by atoms with Crippen molar-refractivity contribution in [2.75, 3.05) is 13.1 Å². The zero-order chi connectivity index (χ0) is 9.90. The van der Waals surface area contributed by atoms with Crippen LogP contribution in [-0.2, 0) is 11.2 Å². The molecule has 1 aliphatic rings. The molecule has 0 aromatic rings. The lowest BCUT2D eigenvalue weighted by molar-refractivity contribution is 0.355. The second-order valence-corrected chi connectivity index (χ2v) is 5.81. The van der Waals surface area contributed by atoms with Crippen molar-refractivity contribution < 1.29 is 4.21 Å². The van der Waals surface area contributed by atoms with Crippen LogP contribution in [0.25, 0.3) is 0 Å². The van der Waals surface area contributed by atoms with Crippen LogP contribution in [0.4, 0.5) is 0 Å². The molecule has 0 amide bonds. The van der Waals surface area contributed by atoms with E-state index in [1.165, 1.54) is 19.3 Å². The predicted molar refractivity (Wildman–Crippen MR) is 56.5 cm³/mol. The SMILES string of the molecule is CC(C)(C)NS(=O)N1CCCCC1. The van der Waals surface area contributed by atoms with Gasteiger partial charge in [-0.1, -0.05) is 6.42 Å². The maximum Gasteiger partial charge on any atom is 0.170 e. The van der Waals surface area contributed by atoms with Gasteiger partial charge in [-0.05, 0) is 33.6 Å². The van der Waals surface area contributed by atoms with Gasteiger partial charge < -0.3 is 0 Å². The van der Waals surface area contributed by atoms with Gasteiger partial charge in [0.15, 0.2) is 11.2 Å². The van der Waals surface area contributed by atoms with Gasteiger partial charge in [-0.15, -0.1) is 0 Å². The van der Waals surface area contributed by atoms with Crippen LogP contribution in [-0.4, -0.2) is 27.1 Å². The van der Waals surface area contributed by atoms with E-state index in [1.807, 2.05) is 25.1 Å². The molecule has 0 bridgehead atoms. The number of hydrogen-bond acceptors (Lipinski definition) is 1. The van der Waals surface area contributed by atoms with Gasteiger partial charge in [0.1, 0.15) is 0 Å². The van der Waals surface area contributed by atoms with E-state index < -0.39 is 11.2 Å². The van der Waals surface area contributed by atoms with Crippen molar-refractivity contribution in [2.45, 2.75) is 45.6 Å². The highest BCUT2D eigenvalue weighted by atomic mass is 32.2. The summed E-state index contributed by atoms with van der Waals surface area (Å²) in [5.74, 6) is 0. The number of rotatable bonds is 2. The van der Waals surface area contributed by atoms with E-state index in [-0.39, 0.29) is 5.54 Å². The topological polar surface area (TPSA) is 32.3 Å². The van der Waals surface area contributed by atoms with E-state index in [1.54, 1.807) is 0 Å². The molecule has 1 saturated heterocycles. The number of nitrogens with one attached hydrogen (secondary N) is 1. The summed E-state index contributed by atoms with van der Waals surface area (Å²) in [7, 11) is 0. The number of hydrogen-bond donors (Lipinski definition) is 1. The third-order valence-corrected chi connectivity index (χ3v) is 3.56. The molecule has 0 aromatic carbocycles. The van der Waals surface area contributed by atoms with Crippen LogP contribution in [0.1, 0.15) is 40.0 Å². The minimum Gasteiger partial charge on any atom is -0.225 e. The highest BCUT2D eigenvalue weighted by Crippen LogP contribution is 2.11. The highest BCUT2D eigenvalue weighted by Gasteiger charge is 2.20. The second-order valence-electron chi connectivity index (χ2n) is 4.59. The first-order valence-electron chi connectivity index (χ1n) is 4.94. The summed E-state index contributed by atoms with van der Waals surface area (Å²) in [5, 5.41) is 0. The molecule has 3 nitrogen and oxygen atoms in total. The molecule has 1 atom stereocenters.